The van der Waals surface area contributed by atoms with Gasteiger partial charge < -0.3 is 131 Å². The average Bonchev–Trinajstić information content (AvgIpc) is 1.73. The van der Waals surface area contributed by atoms with E-state index in [-0.39, 0.29) is 140 Å². The van der Waals surface area contributed by atoms with E-state index in [2.05, 4.69) is 94.1 Å². The number of carboxylic acid groups (broad SMARTS) is 1. The fraction of sp³-hybridized carbons (Fsp3) is 0.673. The molecule has 97 heavy (non-hydrogen) atoms. The highest BCUT2D eigenvalue weighted by Crippen LogP contribution is 2.18. The minimum Gasteiger partial charge on any atom is -0.480 e. The number of carbonyl (C=O) groups excluding carboxylic acids is 12. The Kier molecular flexibility index (Phi) is 40.5. The number of hydrogen-bond donors (Lipinski definition) is 23. The number of guanidine groups is 5. The van der Waals surface area contributed by atoms with Gasteiger partial charge in [0.25, 0.3) is 0 Å². The van der Waals surface area contributed by atoms with Gasteiger partial charge in [0.05, 0.1) is 38.8 Å². The predicted molar refractivity (Wildman–Crippen MR) is 357 cm³/mol. The Morgan fingerprint density at radius 2 is 0.856 bits per heavy atom. The highest BCUT2D eigenvalue weighted by Gasteiger charge is 2.37. The molecule has 0 bridgehead atoms. The van der Waals surface area contributed by atoms with E-state index >= 15 is 0 Å². The molecular formula is C55H102N28O14. The second kappa shape index (κ2) is 46.5. The minimum atomic E-state index is -1.38. The van der Waals surface area contributed by atoms with Crippen LogP contribution in [0.5, 0.6) is 0 Å². The molecule has 0 aromatic rings. The maximum Gasteiger partial charge on any atom is 0.326 e. The second-order valence-electron chi connectivity index (χ2n) is 22.4. The first-order valence-electron chi connectivity index (χ1n) is 31.3. The van der Waals surface area contributed by atoms with E-state index in [1.165, 1.54) is 18.9 Å². The van der Waals surface area contributed by atoms with Crippen LogP contribution >= 0.6 is 0 Å². The molecule has 1 aliphatic heterocycles. The Morgan fingerprint density at radius 1 is 0.464 bits per heavy atom. The van der Waals surface area contributed by atoms with Gasteiger partial charge in [0.2, 0.25) is 70.9 Å². The van der Waals surface area contributed by atoms with E-state index in [9.17, 15) is 67.4 Å². The summed E-state index contributed by atoms with van der Waals surface area (Å²) in [7, 11) is 3.15. The van der Waals surface area contributed by atoms with E-state index in [0.29, 0.717) is 12.4 Å². The molecule has 8 atom stereocenters. The van der Waals surface area contributed by atoms with Crippen molar-refractivity contribution in [3.8, 4) is 0 Å². The molecule has 42 nitrogen and oxygen atoms in total. The van der Waals surface area contributed by atoms with Crippen molar-refractivity contribution < 1.29 is 67.4 Å². The van der Waals surface area contributed by atoms with Gasteiger partial charge in [-0.3, -0.25) is 82.5 Å². The third-order valence-electron chi connectivity index (χ3n) is 14.2. The van der Waals surface area contributed by atoms with Crippen LogP contribution < -0.4 is 121 Å². The highest BCUT2D eigenvalue weighted by atomic mass is 16.4. The highest BCUT2D eigenvalue weighted by molar-refractivity contribution is 5.98. The van der Waals surface area contributed by atoms with Gasteiger partial charge in [-0.1, -0.05) is 13.8 Å². The van der Waals surface area contributed by atoms with Crippen LogP contribution in [0.1, 0.15) is 97.8 Å². The van der Waals surface area contributed by atoms with E-state index < -0.39 is 158 Å². The predicted octanol–water partition coefficient (Wildman–Crippen LogP) is -11.7. The molecule has 1 saturated heterocycles. The van der Waals surface area contributed by atoms with Gasteiger partial charge in [-0.2, -0.15) is 0 Å². The van der Waals surface area contributed by atoms with Gasteiger partial charge in [-0.05, 0) is 89.9 Å². The van der Waals surface area contributed by atoms with Gasteiger partial charge in [0.15, 0.2) is 29.8 Å². The summed E-state index contributed by atoms with van der Waals surface area (Å²) in [6.45, 7) is 1.97. The van der Waals surface area contributed by atoms with Gasteiger partial charge >= 0.3 is 5.97 Å². The van der Waals surface area contributed by atoms with E-state index in [1.807, 2.05) is 0 Å². The third kappa shape index (κ3) is 36.6. The van der Waals surface area contributed by atoms with Crippen LogP contribution in [0.2, 0.25) is 0 Å². The molecule has 0 unspecified atom stereocenters. The Morgan fingerprint density at radius 3 is 1.25 bits per heavy atom. The number of nitrogens with one attached hydrogen (secondary N) is 13. The summed E-state index contributed by atoms with van der Waals surface area (Å²) < 4.78 is 0. The normalized spacial score (nSPS) is 14.6. The molecule has 0 aliphatic carbocycles. The maximum atomic E-state index is 13.8. The van der Waals surface area contributed by atoms with Crippen LogP contribution in [-0.2, 0) is 62.3 Å². The van der Waals surface area contributed by atoms with E-state index in [4.69, 9.17) is 51.6 Å². The molecule has 1 heterocycles. The second-order valence-corrected chi connectivity index (χ2v) is 22.4. The quantitative estimate of drug-likeness (QED) is 0.0153. The molecule has 0 saturated carbocycles. The molecule has 1 fully saturated rings. The van der Waals surface area contributed by atoms with Crippen molar-refractivity contribution in [3.63, 3.8) is 0 Å². The van der Waals surface area contributed by atoms with Crippen LogP contribution in [0.3, 0.4) is 0 Å². The van der Waals surface area contributed by atoms with Crippen LogP contribution in [0.25, 0.3) is 0 Å². The van der Waals surface area contributed by atoms with Crippen LogP contribution in [0.4, 0.5) is 0 Å². The first-order chi connectivity index (χ1) is 45.8. The monoisotopic (exact) mass is 1380 g/mol. The van der Waals surface area contributed by atoms with Crippen molar-refractivity contribution in [1.29, 1.82) is 0 Å². The number of amides is 12. The molecule has 32 N–H and O–H groups in total. The summed E-state index contributed by atoms with van der Waals surface area (Å²) in [4.78, 5) is 192. The SMILES string of the molecule is CN=C(NC)NCCC[C@H](NC(=O)CNC(=O)[C@H](CCCN=C(N)N)NC(=O)CNC(=O)[C@H](C)NC(=O)[C@@H](N)C(C)C)C(=O)NCC(=O)N[C@@H](CCCN=C(N)N)C(=O)NCC(=O)NCC(=O)N1CCC[C@H]1C(=O)N[C@@H](CCCN=C(N)N)C(=O)N[C@@H](CCCN=C(N)N)C(=O)O. The third-order valence-corrected chi connectivity index (χ3v) is 14.2. The number of nitrogens with zero attached hydrogens (tertiary/aromatic N) is 6. The Labute approximate surface area is 561 Å². The number of aliphatic imine (C=N–C) groups is 5. The minimum absolute atomic E-state index is 0.0147. The van der Waals surface area contributed by atoms with E-state index in [0.717, 1.165) is 0 Å². The summed E-state index contributed by atoms with van der Waals surface area (Å²) in [5.74, 6) is -11.7. The number of aliphatic carboxylic acids is 1. The topological polar surface area (TPSA) is 698 Å². The summed E-state index contributed by atoms with van der Waals surface area (Å²) in [5, 5.41) is 42.6. The molecule has 0 aromatic carbocycles. The fourth-order valence-electron chi connectivity index (χ4n) is 8.96. The summed E-state index contributed by atoms with van der Waals surface area (Å²) >= 11 is 0. The number of carboxylic acids is 1. The largest absolute Gasteiger partial charge is 0.480 e. The lowest BCUT2D eigenvalue weighted by atomic mass is 10.0. The number of rotatable bonds is 45. The Bertz CT molecular complexity index is 2800. The van der Waals surface area contributed by atoms with Crippen molar-refractivity contribution in [3.05, 3.63) is 0 Å². The van der Waals surface area contributed by atoms with Gasteiger partial charge in [0, 0.05) is 53.4 Å². The zero-order valence-corrected chi connectivity index (χ0v) is 55.6. The van der Waals surface area contributed by atoms with Crippen LogP contribution in [0, 0.1) is 5.92 Å². The van der Waals surface area contributed by atoms with Crippen molar-refractivity contribution in [1.82, 2.24) is 74.0 Å². The molecule has 42 heteroatoms. The lowest BCUT2D eigenvalue weighted by molar-refractivity contribution is -0.143. The molecule has 12 amide bonds. The number of carbonyl (C=O) groups is 13. The maximum absolute atomic E-state index is 13.8. The molecule has 0 spiro atoms. The molecule has 0 aromatic heterocycles. The Balaban J connectivity index is 3.14. The first kappa shape index (κ1) is 84.4. The Hall–Kier alpha value is -10.6. The fourth-order valence-corrected chi connectivity index (χ4v) is 8.96. The zero-order valence-electron chi connectivity index (χ0n) is 55.6. The number of likely N-dealkylation sites (tertiary alicyclic amines) is 1. The average molecular weight is 1380 g/mol. The molecule has 1 aliphatic rings. The molecule has 546 valence electrons. The van der Waals surface area contributed by atoms with Gasteiger partial charge in [0.1, 0.15) is 42.3 Å². The summed E-state index contributed by atoms with van der Waals surface area (Å²) in [5.41, 5.74) is 49.2. The van der Waals surface area contributed by atoms with Crippen LogP contribution in [0.15, 0.2) is 25.0 Å². The zero-order chi connectivity index (χ0) is 73.2. The number of nitrogens with two attached hydrogens (primary N) is 9. The summed E-state index contributed by atoms with van der Waals surface area (Å²) in [6, 6.07) is -9.71. The van der Waals surface area contributed by atoms with Crippen molar-refractivity contribution in [2.75, 3.05) is 86.1 Å². The number of hydrogen-bond acceptors (Lipinski definition) is 19. The lowest BCUT2D eigenvalue weighted by Crippen LogP contribution is -2.56. The molecule has 0 radical (unpaired) electrons. The standard InChI is InChI=1S/C55H102N28O14/c1-29(2)42(56)49(95)77-30(3)43(89)73-25-38(85)78-32(13-7-19-68-52(59)60)45(91)75-27-40(87)80-33(14-9-22-71-55(65-4)66-5)46(92)76-26-39(86)79-31(12-6-18-67-51(57)58)44(90)74-24-37(84)72-28-41(88)83-23-11-17-36(83)48(94)81-34(15-8-20-69-53(61)62)47(93)82-35(50(96)97)16-10-21-70-54(63)64/h29-36,42H,6-28,56H2,1-5H3,(H,72,84)(H,73,89)(H,74,90)(H,75,91)(H,76,92)(H,77,95)(H,78,85)(H,79,86)(H,80,87)(H,81,94)(H,82,93)(H,96,97)(H4,57,58,67)(H4,59,60,68)(H4,61,62,69)(H4,63,64,70)(H2,65,66,71)/t30-,31-,32-,33-,34-,35-,36-,42-/m0/s1. The van der Waals surface area contributed by atoms with E-state index in [1.54, 1.807) is 20.9 Å². The van der Waals surface area contributed by atoms with Crippen molar-refractivity contribution >= 4 is 107 Å². The first-order valence-corrected chi connectivity index (χ1v) is 31.3. The van der Waals surface area contributed by atoms with Gasteiger partial charge in [-0.15, -0.1) is 0 Å². The smallest absolute Gasteiger partial charge is 0.326 e. The van der Waals surface area contributed by atoms with Crippen molar-refractivity contribution in [2.24, 2.45) is 82.5 Å². The van der Waals surface area contributed by atoms with Crippen LogP contribution in [-0.4, -0.2) is 251 Å². The lowest BCUT2D eigenvalue weighted by Gasteiger charge is -2.27. The van der Waals surface area contributed by atoms with Crippen molar-refractivity contribution in [2.45, 2.75) is 146 Å². The summed E-state index contributed by atoms with van der Waals surface area (Å²) in [6.07, 6.45) is 1.16. The van der Waals surface area contributed by atoms with Gasteiger partial charge in [-0.25, -0.2) is 4.79 Å². The molecule has 1 rings (SSSR count). The molecular weight excluding hydrogens is 1280 g/mol.